The zero-order valence-corrected chi connectivity index (χ0v) is 20.0. The molecule has 2 aliphatic heterocycles. The highest BCUT2D eigenvalue weighted by atomic mass is 19.1. The number of aromatic nitrogens is 1. The maximum absolute atomic E-state index is 15.0. The molecule has 196 valence electrons. The molecule has 2 saturated heterocycles. The second-order valence-electron chi connectivity index (χ2n) is 8.50. The number of hydrogen-bond acceptors (Lipinski definition) is 8. The number of piperazine rings is 1. The molecule has 0 spiro atoms. The van der Waals surface area contributed by atoms with Crippen molar-refractivity contribution in [1.82, 2.24) is 15.2 Å². The van der Waals surface area contributed by atoms with Crippen LogP contribution in [-0.2, 0) is 19.1 Å². The van der Waals surface area contributed by atoms with Crippen molar-refractivity contribution in [3.05, 3.63) is 53.9 Å². The smallest absolute Gasteiger partial charge is 0.414 e. The summed E-state index contributed by atoms with van der Waals surface area (Å²) in [6, 6.07) is 5.19. The number of carbonyl (C=O) groups is 4. The molecule has 2 aromatic rings. The lowest BCUT2D eigenvalue weighted by molar-refractivity contribution is -0.134. The number of esters is 1. The van der Waals surface area contributed by atoms with E-state index in [1.807, 2.05) is 0 Å². The number of cyclic esters (lactones) is 1. The van der Waals surface area contributed by atoms with Crippen LogP contribution in [0.25, 0.3) is 0 Å². The lowest BCUT2D eigenvalue weighted by Crippen LogP contribution is -2.50. The van der Waals surface area contributed by atoms with Crippen LogP contribution >= 0.6 is 0 Å². The molecule has 13 heteroatoms. The maximum atomic E-state index is 15.0. The van der Waals surface area contributed by atoms with E-state index in [2.05, 4.69) is 10.3 Å². The molecule has 1 aromatic heterocycles. The largest absolute Gasteiger partial charge is 0.452 e. The molecule has 0 bridgehead atoms. The molecule has 2 fully saturated rings. The predicted octanol–water partition coefficient (Wildman–Crippen LogP) is 1.33. The van der Waals surface area contributed by atoms with Gasteiger partial charge < -0.3 is 24.6 Å². The van der Waals surface area contributed by atoms with Gasteiger partial charge in [0, 0.05) is 57.6 Å². The van der Waals surface area contributed by atoms with Crippen molar-refractivity contribution >= 4 is 35.3 Å². The number of pyridine rings is 1. The quantitative estimate of drug-likeness (QED) is 0.546. The van der Waals surface area contributed by atoms with Gasteiger partial charge in [-0.15, -0.1) is 0 Å². The van der Waals surface area contributed by atoms with Crippen molar-refractivity contribution in [2.75, 3.05) is 55.7 Å². The fraction of sp³-hybridized carbons (Fsp3) is 0.375. The van der Waals surface area contributed by atoms with Crippen LogP contribution in [0, 0.1) is 11.6 Å². The average Bonchev–Trinajstić information content (AvgIpc) is 3.26. The maximum Gasteiger partial charge on any atom is 0.414 e. The van der Waals surface area contributed by atoms with E-state index < -0.39 is 42.3 Å². The van der Waals surface area contributed by atoms with E-state index in [-0.39, 0.29) is 62.1 Å². The van der Waals surface area contributed by atoms with Crippen LogP contribution in [0.2, 0.25) is 0 Å². The topological polar surface area (TPSA) is 121 Å². The van der Waals surface area contributed by atoms with Crippen molar-refractivity contribution in [2.24, 2.45) is 0 Å². The van der Waals surface area contributed by atoms with Crippen molar-refractivity contribution in [2.45, 2.75) is 13.0 Å². The summed E-state index contributed by atoms with van der Waals surface area (Å²) < 4.78 is 40.2. The highest BCUT2D eigenvalue weighted by Gasteiger charge is 2.34. The lowest BCUT2D eigenvalue weighted by atomic mass is 10.2. The highest BCUT2D eigenvalue weighted by Crippen LogP contribution is 2.31. The summed E-state index contributed by atoms with van der Waals surface area (Å²) >= 11 is 0. The Bertz CT molecular complexity index is 1170. The summed E-state index contributed by atoms with van der Waals surface area (Å²) in [5.74, 6) is -3.11. The van der Waals surface area contributed by atoms with Gasteiger partial charge in [0.05, 0.1) is 24.3 Å². The number of halogens is 2. The molecule has 0 saturated carbocycles. The monoisotopic (exact) mass is 517 g/mol. The van der Waals surface area contributed by atoms with E-state index in [4.69, 9.17) is 9.47 Å². The van der Waals surface area contributed by atoms with Crippen molar-refractivity contribution in [3.63, 3.8) is 0 Å². The molecular formula is C24H25F2N5O6. The second-order valence-corrected chi connectivity index (χ2v) is 8.50. The number of rotatable bonds is 7. The zero-order valence-electron chi connectivity index (χ0n) is 20.0. The van der Waals surface area contributed by atoms with Crippen molar-refractivity contribution in [1.29, 1.82) is 0 Å². The Labute approximate surface area is 210 Å². The number of nitrogens with zero attached hydrogens (tertiary/aromatic N) is 4. The Morgan fingerprint density at radius 2 is 1.86 bits per heavy atom. The first-order valence-electron chi connectivity index (χ1n) is 11.5. The van der Waals surface area contributed by atoms with Gasteiger partial charge in [0.2, 0.25) is 5.91 Å². The highest BCUT2D eigenvalue weighted by molar-refractivity contribution is 5.91. The van der Waals surface area contributed by atoms with Gasteiger partial charge in [0.1, 0.15) is 11.8 Å². The number of anilines is 2. The Morgan fingerprint density at radius 1 is 1.16 bits per heavy atom. The summed E-state index contributed by atoms with van der Waals surface area (Å²) in [4.78, 5) is 55.5. The van der Waals surface area contributed by atoms with Gasteiger partial charge in [-0.2, -0.15) is 0 Å². The number of amides is 3. The Kier molecular flexibility index (Phi) is 7.80. The molecule has 4 rings (SSSR count). The summed E-state index contributed by atoms with van der Waals surface area (Å²) in [5.41, 5.74) is -0.0421. The third kappa shape index (κ3) is 6.11. The molecule has 1 N–H and O–H groups in total. The van der Waals surface area contributed by atoms with Gasteiger partial charge >= 0.3 is 12.1 Å². The third-order valence-electron chi connectivity index (χ3n) is 5.94. The van der Waals surface area contributed by atoms with E-state index in [0.717, 1.165) is 17.0 Å². The van der Waals surface area contributed by atoms with Crippen LogP contribution < -0.4 is 15.1 Å². The normalized spacial score (nSPS) is 17.4. The molecule has 1 atom stereocenters. The van der Waals surface area contributed by atoms with E-state index in [1.54, 1.807) is 6.07 Å². The Balaban J connectivity index is 1.33. The SMILES string of the molecule is CC(=O)NCC1CN(c2cc(F)c(N3CCN(C(=O)COC(=O)c4cccnc4)CC3)c(F)c2)C(=O)O1. The van der Waals surface area contributed by atoms with Crippen LogP contribution in [0.15, 0.2) is 36.7 Å². The molecule has 1 aromatic carbocycles. The standard InChI is InChI=1S/C24H25F2N5O6/c1-15(32)28-12-18-13-31(24(35)37-18)17-9-19(25)22(20(26)10-17)30-7-5-29(6-8-30)21(33)14-36-23(34)16-3-2-4-27-11-16/h2-4,9-11,18H,5-8,12-14H2,1H3,(H,28,32). The molecule has 3 amide bonds. The van der Waals surface area contributed by atoms with Gasteiger partial charge in [0.15, 0.2) is 18.2 Å². The van der Waals surface area contributed by atoms with Crippen LogP contribution in [-0.4, -0.2) is 85.7 Å². The fourth-order valence-corrected chi connectivity index (χ4v) is 4.07. The van der Waals surface area contributed by atoms with E-state index in [0.29, 0.717) is 0 Å². The van der Waals surface area contributed by atoms with Crippen molar-refractivity contribution in [3.8, 4) is 0 Å². The van der Waals surface area contributed by atoms with Crippen LogP contribution in [0.1, 0.15) is 17.3 Å². The molecule has 1 unspecified atom stereocenters. The first-order chi connectivity index (χ1) is 17.7. The fourth-order valence-electron chi connectivity index (χ4n) is 4.07. The van der Waals surface area contributed by atoms with Crippen LogP contribution in [0.5, 0.6) is 0 Å². The minimum Gasteiger partial charge on any atom is -0.452 e. The predicted molar refractivity (Wildman–Crippen MR) is 126 cm³/mol. The third-order valence-corrected chi connectivity index (χ3v) is 5.94. The van der Waals surface area contributed by atoms with Crippen molar-refractivity contribution < 1.29 is 37.4 Å². The van der Waals surface area contributed by atoms with Crippen LogP contribution in [0.4, 0.5) is 25.0 Å². The molecule has 0 radical (unpaired) electrons. The zero-order chi connectivity index (χ0) is 26.5. The minimum absolute atomic E-state index is 0.00155. The van der Waals surface area contributed by atoms with Gasteiger partial charge in [0.25, 0.3) is 5.91 Å². The lowest BCUT2D eigenvalue weighted by Gasteiger charge is -2.36. The van der Waals surface area contributed by atoms with Gasteiger partial charge in [-0.1, -0.05) is 0 Å². The first kappa shape index (κ1) is 25.8. The molecule has 11 nitrogen and oxygen atoms in total. The Hall–Kier alpha value is -4.29. The first-order valence-corrected chi connectivity index (χ1v) is 11.5. The molecule has 0 aliphatic carbocycles. The molecule has 2 aliphatic rings. The summed E-state index contributed by atoms with van der Waals surface area (Å²) in [7, 11) is 0. The van der Waals surface area contributed by atoms with E-state index in [1.165, 1.54) is 35.2 Å². The number of ether oxygens (including phenoxy) is 2. The summed E-state index contributed by atoms with van der Waals surface area (Å²) in [5, 5.41) is 2.53. The minimum atomic E-state index is -0.863. The molecule has 3 heterocycles. The number of hydrogen-bond donors (Lipinski definition) is 1. The second kappa shape index (κ2) is 11.2. The molecular weight excluding hydrogens is 492 g/mol. The number of nitrogens with one attached hydrogen (secondary N) is 1. The average molecular weight is 517 g/mol. The van der Waals surface area contributed by atoms with Crippen LogP contribution in [0.3, 0.4) is 0 Å². The van der Waals surface area contributed by atoms with Gasteiger partial charge in [-0.3, -0.25) is 19.5 Å². The summed E-state index contributed by atoms with van der Waals surface area (Å²) in [6.45, 7) is 1.64. The Morgan fingerprint density at radius 3 is 2.49 bits per heavy atom. The number of benzene rings is 1. The van der Waals surface area contributed by atoms with Gasteiger partial charge in [-0.05, 0) is 12.1 Å². The molecule has 37 heavy (non-hydrogen) atoms. The van der Waals surface area contributed by atoms with E-state index in [9.17, 15) is 28.0 Å². The summed E-state index contributed by atoms with van der Waals surface area (Å²) in [6.07, 6.45) is 1.43. The van der Waals surface area contributed by atoms with Gasteiger partial charge in [-0.25, -0.2) is 18.4 Å². The number of carbonyl (C=O) groups excluding carboxylic acids is 4. The van der Waals surface area contributed by atoms with E-state index >= 15 is 0 Å².